The number of rotatable bonds is 9. The lowest BCUT2D eigenvalue weighted by atomic mass is 9.89. The maximum absolute atomic E-state index is 11.4. The summed E-state index contributed by atoms with van der Waals surface area (Å²) in [7, 11) is 0. The minimum Gasteiger partial charge on any atom is -0.491 e. The van der Waals surface area contributed by atoms with Crippen molar-refractivity contribution in [3.8, 4) is 5.75 Å². The Morgan fingerprint density at radius 2 is 1.89 bits per heavy atom. The maximum atomic E-state index is 11.4. The first-order valence-electron chi connectivity index (χ1n) is 13.0. The number of aromatic nitrogens is 1. The van der Waals surface area contributed by atoms with Gasteiger partial charge < -0.3 is 19.1 Å². The summed E-state index contributed by atoms with van der Waals surface area (Å²) < 4.78 is 14.2. The van der Waals surface area contributed by atoms with Crippen LogP contribution in [0.3, 0.4) is 0 Å². The number of nitrogens with zero attached hydrogens (tertiary/aromatic N) is 2. The van der Waals surface area contributed by atoms with Crippen LogP contribution in [0.4, 0.5) is 0 Å². The number of carboxylic acid groups (broad SMARTS) is 1. The lowest BCUT2D eigenvalue weighted by molar-refractivity contribution is 0.0691. The van der Waals surface area contributed by atoms with Crippen molar-refractivity contribution in [2.24, 2.45) is 0 Å². The van der Waals surface area contributed by atoms with Gasteiger partial charge in [0.05, 0.1) is 6.10 Å². The number of aromatic carboxylic acids is 1. The molecule has 6 heteroatoms. The van der Waals surface area contributed by atoms with Crippen LogP contribution < -0.4 is 4.74 Å². The molecule has 35 heavy (non-hydrogen) atoms. The van der Waals surface area contributed by atoms with Crippen LogP contribution in [0.5, 0.6) is 5.75 Å². The van der Waals surface area contributed by atoms with E-state index in [4.69, 9.17) is 9.47 Å². The predicted molar refractivity (Wildman–Crippen MR) is 138 cm³/mol. The third-order valence-electron chi connectivity index (χ3n) is 7.68. The third kappa shape index (κ3) is 5.39. The highest BCUT2D eigenvalue weighted by molar-refractivity contribution is 5.90. The summed E-state index contributed by atoms with van der Waals surface area (Å²) in [5.41, 5.74) is 3.03. The average molecular weight is 477 g/mol. The highest BCUT2D eigenvalue weighted by Crippen LogP contribution is 2.37. The Balaban J connectivity index is 1.20. The molecule has 0 bridgehead atoms. The Hall–Kier alpha value is -2.83. The molecule has 2 saturated heterocycles. The van der Waals surface area contributed by atoms with E-state index in [0.717, 1.165) is 45.5 Å². The average Bonchev–Trinajstić information content (AvgIpc) is 3.53. The molecule has 1 N–H and O–H groups in total. The summed E-state index contributed by atoms with van der Waals surface area (Å²) >= 11 is 0. The molecule has 2 aliphatic rings. The molecule has 0 radical (unpaired) electrons. The Bertz CT molecular complexity index is 1140. The number of hydrogen-bond acceptors (Lipinski definition) is 4. The van der Waals surface area contributed by atoms with Crippen molar-refractivity contribution in [3.05, 3.63) is 65.9 Å². The predicted octanol–water partition coefficient (Wildman–Crippen LogP) is 5.73. The molecule has 2 aromatic carbocycles. The summed E-state index contributed by atoms with van der Waals surface area (Å²) in [6.07, 6.45) is 8.49. The van der Waals surface area contributed by atoms with Crippen molar-refractivity contribution in [3.63, 3.8) is 0 Å². The Kier molecular flexibility index (Phi) is 7.40. The molecule has 0 amide bonds. The maximum Gasteiger partial charge on any atom is 0.339 e. The molecule has 0 saturated carbocycles. The van der Waals surface area contributed by atoms with Gasteiger partial charge in [0.2, 0.25) is 0 Å². The number of fused-ring (bicyclic) bond motifs is 1. The lowest BCUT2D eigenvalue weighted by Crippen LogP contribution is -2.35. The Morgan fingerprint density at radius 1 is 1.11 bits per heavy atom. The van der Waals surface area contributed by atoms with Gasteiger partial charge in [-0.1, -0.05) is 30.3 Å². The fraction of sp³-hybridized carbons (Fsp3) is 0.483. The molecule has 0 aliphatic carbocycles. The minimum atomic E-state index is -0.953. The van der Waals surface area contributed by atoms with E-state index in [2.05, 4.69) is 46.9 Å². The largest absolute Gasteiger partial charge is 0.491 e. The summed E-state index contributed by atoms with van der Waals surface area (Å²) in [5.74, 6) is 0.0477. The summed E-state index contributed by atoms with van der Waals surface area (Å²) in [6, 6.07) is 16.1. The zero-order chi connectivity index (χ0) is 24.2. The molecule has 0 spiro atoms. The van der Waals surface area contributed by atoms with E-state index in [9.17, 15) is 9.90 Å². The molecular formula is C29H36N2O4. The summed E-state index contributed by atoms with van der Waals surface area (Å²) in [4.78, 5) is 13.8. The van der Waals surface area contributed by atoms with Gasteiger partial charge in [-0.3, -0.25) is 4.90 Å². The molecule has 3 heterocycles. The smallest absolute Gasteiger partial charge is 0.339 e. The van der Waals surface area contributed by atoms with Gasteiger partial charge in [-0.2, -0.15) is 0 Å². The second-order valence-electron chi connectivity index (χ2n) is 9.99. The Morgan fingerprint density at radius 3 is 2.66 bits per heavy atom. The normalized spacial score (nSPS) is 20.3. The van der Waals surface area contributed by atoms with E-state index in [1.807, 2.05) is 6.07 Å². The van der Waals surface area contributed by atoms with Crippen LogP contribution in [0.25, 0.3) is 10.9 Å². The number of carboxylic acids is 1. The Labute approximate surface area is 207 Å². The molecule has 186 valence electrons. The molecule has 1 aromatic heterocycles. The number of hydrogen-bond donors (Lipinski definition) is 1. The van der Waals surface area contributed by atoms with E-state index >= 15 is 0 Å². The van der Waals surface area contributed by atoms with Crippen LogP contribution in [-0.4, -0.2) is 59.5 Å². The first-order chi connectivity index (χ1) is 17.1. The van der Waals surface area contributed by atoms with E-state index < -0.39 is 5.97 Å². The van der Waals surface area contributed by atoms with Crippen molar-refractivity contribution < 1.29 is 19.4 Å². The fourth-order valence-electron chi connectivity index (χ4n) is 5.77. The molecule has 2 aliphatic heterocycles. The molecule has 2 fully saturated rings. The SMILES string of the molecule is CC(CC1CCCO1)n1cc(C2CCN(CCOc3ccccc3C(=O)O)CC2)c2ccccc21. The first kappa shape index (κ1) is 23.9. The first-order valence-corrected chi connectivity index (χ1v) is 13.0. The van der Waals surface area contributed by atoms with Crippen molar-refractivity contribution in [1.29, 1.82) is 0 Å². The zero-order valence-corrected chi connectivity index (χ0v) is 20.6. The van der Waals surface area contributed by atoms with Gasteiger partial charge in [0, 0.05) is 36.3 Å². The van der Waals surface area contributed by atoms with E-state index in [-0.39, 0.29) is 5.56 Å². The van der Waals surface area contributed by atoms with Crippen LogP contribution in [0.15, 0.2) is 54.7 Å². The second kappa shape index (κ2) is 10.8. The standard InChI is InChI=1S/C29H36N2O4/c1-21(19-23-7-6-17-34-23)31-20-26(24-8-2-4-10-27(24)31)22-12-14-30(15-13-22)16-18-35-28-11-5-3-9-25(28)29(32)33/h2-5,8-11,20-23H,6-7,12-19H2,1H3,(H,32,33). The van der Waals surface area contributed by atoms with Gasteiger partial charge in [-0.05, 0) is 81.8 Å². The van der Waals surface area contributed by atoms with Gasteiger partial charge in [0.25, 0.3) is 0 Å². The second-order valence-corrected chi connectivity index (χ2v) is 9.99. The topological polar surface area (TPSA) is 63.9 Å². The van der Waals surface area contributed by atoms with Crippen molar-refractivity contribution >= 4 is 16.9 Å². The fourth-order valence-corrected chi connectivity index (χ4v) is 5.77. The van der Waals surface area contributed by atoms with Crippen LogP contribution >= 0.6 is 0 Å². The van der Waals surface area contributed by atoms with Gasteiger partial charge >= 0.3 is 5.97 Å². The molecule has 2 unspecified atom stereocenters. The quantitative estimate of drug-likeness (QED) is 0.427. The van der Waals surface area contributed by atoms with E-state index in [1.165, 1.54) is 29.3 Å². The van der Waals surface area contributed by atoms with Gasteiger partial charge in [-0.25, -0.2) is 4.79 Å². The molecule has 2 atom stereocenters. The molecule has 3 aromatic rings. The minimum absolute atomic E-state index is 0.219. The monoisotopic (exact) mass is 476 g/mol. The highest BCUT2D eigenvalue weighted by Gasteiger charge is 2.26. The number of ether oxygens (including phenoxy) is 2. The van der Waals surface area contributed by atoms with Crippen molar-refractivity contribution in [1.82, 2.24) is 9.47 Å². The number of carbonyl (C=O) groups is 1. The van der Waals surface area contributed by atoms with Crippen LogP contribution in [0.1, 0.15) is 66.9 Å². The number of likely N-dealkylation sites (tertiary alicyclic amines) is 1. The van der Waals surface area contributed by atoms with Gasteiger partial charge in [0.15, 0.2) is 0 Å². The molecule has 6 nitrogen and oxygen atoms in total. The van der Waals surface area contributed by atoms with E-state index in [1.54, 1.807) is 18.2 Å². The summed E-state index contributed by atoms with van der Waals surface area (Å²) in [6.45, 7) is 6.59. The van der Waals surface area contributed by atoms with Crippen LogP contribution in [0, 0.1) is 0 Å². The number of piperidine rings is 1. The lowest BCUT2D eigenvalue weighted by Gasteiger charge is -2.32. The van der Waals surface area contributed by atoms with Crippen LogP contribution in [-0.2, 0) is 4.74 Å². The van der Waals surface area contributed by atoms with Gasteiger partial charge in [-0.15, -0.1) is 0 Å². The third-order valence-corrected chi connectivity index (χ3v) is 7.68. The molecule has 5 rings (SSSR count). The van der Waals surface area contributed by atoms with E-state index in [0.29, 0.717) is 30.4 Å². The van der Waals surface area contributed by atoms with Crippen molar-refractivity contribution in [2.45, 2.75) is 57.1 Å². The van der Waals surface area contributed by atoms with Gasteiger partial charge in [0.1, 0.15) is 17.9 Å². The number of para-hydroxylation sites is 2. The zero-order valence-electron chi connectivity index (χ0n) is 20.6. The van der Waals surface area contributed by atoms with Crippen molar-refractivity contribution in [2.75, 3.05) is 32.8 Å². The number of benzene rings is 2. The molecular weight excluding hydrogens is 440 g/mol. The summed E-state index contributed by atoms with van der Waals surface area (Å²) in [5, 5.41) is 10.7. The van der Waals surface area contributed by atoms with Crippen LogP contribution in [0.2, 0.25) is 0 Å². The highest BCUT2D eigenvalue weighted by atomic mass is 16.5.